The highest BCUT2D eigenvalue weighted by molar-refractivity contribution is 5.88. The van der Waals surface area contributed by atoms with Crippen LogP contribution >= 0.6 is 0 Å². The molecule has 1 heterocycles. The molecule has 130 valence electrons. The average molecular weight is 340 g/mol. The van der Waals surface area contributed by atoms with Crippen LogP contribution in [0.2, 0.25) is 0 Å². The van der Waals surface area contributed by atoms with Crippen molar-refractivity contribution in [1.82, 2.24) is 10.6 Å². The molecule has 2 aromatic rings. The fourth-order valence-electron chi connectivity index (χ4n) is 2.79. The highest BCUT2D eigenvalue weighted by Gasteiger charge is 2.39. The van der Waals surface area contributed by atoms with E-state index in [-0.39, 0.29) is 5.91 Å². The minimum Gasteiger partial charge on any atom is -0.497 e. The first-order chi connectivity index (χ1) is 12.2. The molecule has 0 saturated carbocycles. The molecule has 6 heteroatoms. The zero-order valence-corrected chi connectivity index (χ0v) is 13.9. The SMILES string of the molecule is COc1cccc(CCNC(=O)C2NC(=O)OC2c2ccccc2)c1. The molecule has 0 aliphatic carbocycles. The maximum Gasteiger partial charge on any atom is 0.408 e. The second kappa shape index (κ2) is 7.70. The number of amides is 2. The fraction of sp³-hybridized carbons (Fsp3) is 0.263. The summed E-state index contributed by atoms with van der Waals surface area (Å²) in [6, 6.07) is 16.2. The maximum absolute atomic E-state index is 12.5. The van der Waals surface area contributed by atoms with Crippen LogP contribution in [-0.4, -0.2) is 31.7 Å². The Hall–Kier alpha value is -3.02. The van der Waals surface area contributed by atoms with E-state index in [1.807, 2.05) is 54.6 Å². The molecule has 25 heavy (non-hydrogen) atoms. The van der Waals surface area contributed by atoms with Crippen LogP contribution in [0, 0.1) is 0 Å². The van der Waals surface area contributed by atoms with Gasteiger partial charge in [0.2, 0.25) is 5.91 Å². The summed E-state index contributed by atoms with van der Waals surface area (Å²) in [6.45, 7) is 0.458. The van der Waals surface area contributed by atoms with Gasteiger partial charge in [-0.05, 0) is 29.7 Å². The van der Waals surface area contributed by atoms with E-state index in [0.29, 0.717) is 13.0 Å². The van der Waals surface area contributed by atoms with Gasteiger partial charge in [-0.3, -0.25) is 4.79 Å². The molecule has 2 aromatic carbocycles. The van der Waals surface area contributed by atoms with E-state index in [1.165, 1.54) is 0 Å². The number of nitrogens with one attached hydrogen (secondary N) is 2. The molecule has 0 aromatic heterocycles. The molecule has 1 saturated heterocycles. The van der Waals surface area contributed by atoms with E-state index in [1.54, 1.807) is 7.11 Å². The van der Waals surface area contributed by atoms with Gasteiger partial charge >= 0.3 is 6.09 Å². The normalized spacial score (nSPS) is 19.0. The fourth-order valence-corrected chi connectivity index (χ4v) is 2.79. The lowest BCUT2D eigenvalue weighted by Gasteiger charge is -2.17. The Morgan fingerprint density at radius 2 is 2.00 bits per heavy atom. The zero-order valence-electron chi connectivity index (χ0n) is 13.9. The van der Waals surface area contributed by atoms with E-state index in [4.69, 9.17) is 9.47 Å². The van der Waals surface area contributed by atoms with Crippen molar-refractivity contribution >= 4 is 12.0 Å². The Morgan fingerprint density at radius 1 is 1.20 bits per heavy atom. The van der Waals surface area contributed by atoms with E-state index >= 15 is 0 Å². The predicted octanol–water partition coefficient (Wildman–Crippen LogP) is 2.20. The first kappa shape index (κ1) is 16.8. The minimum atomic E-state index is -0.736. The van der Waals surface area contributed by atoms with E-state index in [2.05, 4.69) is 10.6 Å². The van der Waals surface area contributed by atoms with Crippen LogP contribution in [0.15, 0.2) is 54.6 Å². The van der Waals surface area contributed by atoms with E-state index in [9.17, 15) is 9.59 Å². The Morgan fingerprint density at radius 3 is 2.76 bits per heavy atom. The van der Waals surface area contributed by atoms with Crippen molar-refractivity contribution in [3.8, 4) is 5.75 Å². The number of cyclic esters (lactones) is 1. The van der Waals surface area contributed by atoms with Crippen molar-refractivity contribution in [2.45, 2.75) is 18.6 Å². The third kappa shape index (κ3) is 4.09. The molecule has 2 atom stereocenters. The van der Waals surface area contributed by atoms with Gasteiger partial charge in [0.25, 0.3) is 0 Å². The third-order valence-electron chi connectivity index (χ3n) is 4.07. The topological polar surface area (TPSA) is 76.7 Å². The quantitative estimate of drug-likeness (QED) is 0.845. The largest absolute Gasteiger partial charge is 0.497 e. The zero-order chi connectivity index (χ0) is 17.6. The molecule has 6 nitrogen and oxygen atoms in total. The molecule has 3 rings (SSSR count). The Labute approximate surface area is 146 Å². The molecule has 2 amide bonds. The molecule has 0 radical (unpaired) electrons. The van der Waals surface area contributed by atoms with Crippen molar-refractivity contribution in [1.29, 1.82) is 0 Å². The van der Waals surface area contributed by atoms with Gasteiger partial charge in [-0.2, -0.15) is 0 Å². The standard InChI is InChI=1S/C19H20N2O4/c1-24-15-9-5-6-13(12-15)10-11-20-18(22)16-17(25-19(23)21-16)14-7-3-2-4-8-14/h2-9,12,16-17H,10-11H2,1H3,(H,20,22)(H,21,23). The van der Waals surface area contributed by atoms with Gasteiger partial charge in [0.05, 0.1) is 7.11 Å². The monoisotopic (exact) mass is 340 g/mol. The van der Waals surface area contributed by atoms with Crippen molar-refractivity contribution in [2.24, 2.45) is 0 Å². The van der Waals surface area contributed by atoms with Crippen LogP contribution in [0.25, 0.3) is 0 Å². The number of hydrogen-bond acceptors (Lipinski definition) is 4. The van der Waals surface area contributed by atoms with Gasteiger partial charge in [-0.1, -0.05) is 42.5 Å². The number of rotatable bonds is 6. The molecular weight excluding hydrogens is 320 g/mol. The second-order valence-electron chi connectivity index (χ2n) is 5.75. The smallest absolute Gasteiger partial charge is 0.408 e. The summed E-state index contributed by atoms with van der Waals surface area (Å²) in [5.74, 6) is 0.520. The number of hydrogen-bond donors (Lipinski definition) is 2. The molecule has 0 spiro atoms. The number of carbonyl (C=O) groups is 2. The molecule has 2 N–H and O–H groups in total. The highest BCUT2D eigenvalue weighted by atomic mass is 16.6. The van der Waals surface area contributed by atoms with Crippen molar-refractivity contribution in [3.63, 3.8) is 0 Å². The van der Waals surface area contributed by atoms with Crippen molar-refractivity contribution in [3.05, 3.63) is 65.7 Å². The number of ether oxygens (including phenoxy) is 2. The van der Waals surface area contributed by atoms with Crippen LogP contribution in [0.1, 0.15) is 17.2 Å². The van der Waals surface area contributed by atoms with E-state index in [0.717, 1.165) is 16.9 Å². The van der Waals surface area contributed by atoms with E-state index < -0.39 is 18.2 Å². The summed E-state index contributed by atoms with van der Waals surface area (Å²) in [7, 11) is 1.62. The number of alkyl carbamates (subject to hydrolysis) is 1. The van der Waals surface area contributed by atoms with Crippen molar-refractivity contribution in [2.75, 3.05) is 13.7 Å². The van der Waals surface area contributed by atoms with Crippen LogP contribution < -0.4 is 15.4 Å². The van der Waals surface area contributed by atoms with Gasteiger partial charge in [-0.25, -0.2) is 4.79 Å². The van der Waals surface area contributed by atoms with Gasteiger partial charge in [0.1, 0.15) is 5.75 Å². The minimum absolute atomic E-state index is 0.261. The Balaban J connectivity index is 1.59. The predicted molar refractivity (Wildman–Crippen MR) is 92.3 cm³/mol. The molecule has 2 unspecified atom stereocenters. The summed E-state index contributed by atoms with van der Waals surface area (Å²) >= 11 is 0. The number of methoxy groups -OCH3 is 1. The van der Waals surface area contributed by atoms with Gasteiger partial charge in [0, 0.05) is 6.54 Å². The van der Waals surface area contributed by atoms with Gasteiger partial charge < -0.3 is 20.1 Å². The lowest BCUT2D eigenvalue weighted by atomic mass is 10.0. The highest BCUT2D eigenvalue weighted by Crippen LogP contribution is 2.26. The van der Waals surface area contributed by atoms with Gasteiger partial charge in [0.15, 0.2) is 12.1 Å². The second-order valence-corrected chi connectivity index (χ2v) is 5.75. The van der Waals surface area contributed by atoms with Crippen LogP contribution in [-0.2, 0) is 16.0 Å². The summed E-state index contributed by atoms with van der Waals surface area (Å²) in [5.41, 5.74) is 1.85. The molecular formula is C19H20N2O4. The lowest BCUT2D eigenvalue weighted by Crippen LogP contribution is -2.44. The average Bonchev–Trinajstić information content (AvgIpc) is 3.04. The molecule has 1 aliphatic heterocycles. The first-order valence-corrected chi connectivity index (χ1v) is 8.10. The summed E-state index contributed by atoms with van der Waals surface area (Å²) in [5, 5.41) is 5.43. The maximum atomic E-state index is 12.5. The Kier molecular flexibility index (Phi) is 5.18. The van der Waals surface area contributed by atoms with Crippen LogP contribution in [0.5, 0.6) is 5.75 Å². The number of carbonyl (C=O) groups excluding carboxylic acids is 2. The molecule has 1 aliphatic rings. The Bertz CT molecular complexity index is 748. The van der Waals surface area contributed by atoms with Gasteiger partial charge in [-0.15, -0.1) is 0 Å². The summed E-state index contributed by atoms with van der Waals surface area (Å²) in [6.07, 6.45) is -0.534. The number of benzene rings is 2. The molecule has 0 bridgehead atoms. The molecule has 1 fully saturated rings. The summed E-state index contributed by atoms with van der Waals surface area (Å²) in [4.78, 5) is 24.0. The first-order valence-electron chi connectivity index (χ1n) is 8.10. The summed E-state index contributed by atoms with van der Waals surface area (Å²) < 4.78 is 10.4. The van der Waals surface area contributed by atoms with Crippen molar-refractivity contribution < 1.29 is 19.1 Å². The third-order valence-corrected chi connectivity index (χ3v) is 4.07. The van der Waals surface area contributed by atoms with Crippen LogP contribution in [0.3, 0.4) is 0 Å². The lowest BCUT2D eigenvalue weighted by molar-refractivity contribution is -0.124. The van der Waals surface area contributed by atoms with Crippen LogP contribution in [0.4, 0.5) is 4.79 Å².